The molecule has 0 amide bonds. The maximum absolute atomic E-state index is 13.2. The fraction of sp³-hybridized carbons (Fsp3) is 0.571. The van der Waals surface area contributed by atoms with Gasteiger partial charge >= 0.3 is 0 Å². The molecule has 0 unspecified atom stereocenters. The number of halogens is 1. The molecule has 0 heterocycles. The van der Waals surface area contributed by atoms with E-state index >= 15 is 0 Å². The maximum atomic E-state index is 13.2. The summed E-state index contributed by atoms with van der Waals surface area (Å²) in [5.74, 6) is -0.273. The molecule has 1 aromatic rings. The summed E-state index contributed by atoms with van der Waals surface area (Å²) in [6.07, 6.45) is 5.53. The number of hydrogen-bond acceptors (Lipinski definition) is 3. The summed E-state index contributed by atoms with van der Waals surface area (Å²) in [6.45, 7) is -0.0519. The molecular formula is C14H20FNO3S. The minimum atomic E-state index is -3.77. The van der Waals surface area contributed by atoms with Crippen LogP contribution in [0.3, 0.4) is 0 Å². The van der Waals surface area contributed by atoms with E-state index in [2.05, 4.69) is 4.72 Å². The van der Waals surface area contributed by atoms with Crippen molar-refractivity contribution >= 4 is 10.0 Å². The van der Waals surface area contributed by atoms with Gasteiger partial charge in [0, 0.05) is 6.54 Å². The number of aliphatic hydroxyl groups is 1. The molecule has 1 fully saturated rings. The van der Waals surface area contributed by atoms with E-state index in [1.165, 1.54) is 12.5 Å². The van der Waals surface area contributed by atoms with E-state index in [9.17, 15) is 17.9 Å². The van der Waals surface area contributed by atoms with Gasteiger partial charge in [0.25, 0.3) is 0 Å². The third-order valence-electron chi connectivity index (χ3n) is 3.78. The van der Waals surface area contributed by atoms with Crippen molar-refractivity contribution in [2.24, 2.45) is 5.92 Å². The molecule has 0 bridgehead atoms. The van der Waals surface area contributed by atoms with Gasteiger partial charge in [-0.05, 0) is 36.5 Å². The molecule has 20 heavy (non-hydrogen) atoms. The Bertz CT molecular complexity index is 554. The summed E-state index contributed by atoms with van der Waals surface area (Å²) in [7, 11) is -3.77. The summed E-state index contributed by atoms with van der Waals surface area (Å²) in [6, 6.07) is 3.39. The molecule has 1 aliphatic carbocycles. The highest BCUT2D eigenvalue weighted by Gasteiger charge is 2.21. The van der Waals surface area contributed by atoms with Crippen LogP contribution >= 0.6 is 0 Å². The predicted octanol–water partition coefficient (Wildman–Crippen LogP) is 2.18. The molecule has 1 aliphatic rings. The monoisotopic (exact) mass is 301 g/mol. The van der Waals surface area contributed by atoms with Crippen molar-refractivity contribution in [2.75, 3.05) is 6.54 Å². The van der Waals surface area contributed by atoms with Crippen molar-refractivity contribution in [3.05, 3.63) is 29.6 Å². The van der Waals surface area contributed by atoms with Crippen LogP contribution in [0.4, 0.5) is 4.39 Å². The quantitative estimate of drug-likeness (QED) is 0.876. The fourth-order valence-corrected chi connectivity index (χ4v) is 3.96. The Kier molecular flexibility index (Phi) is 5.12. The average Bonchev–Trinajstić information content (AvgIpc) is 2.46. The highest BCUT2D eigenvalue weighted by Crippen LogP contribution is 2.24. The summed E-state index contributed by atoms with van der Waals surface area (Å²) in [4.78, 5) is -0.171. The molecular weight excluding hydrogens is 281 g/mol. The number of sulfonamides is 1. The van der Waals surface area contributed by atoms with Gasteiger partial charge in [0.15, 0.2) is 0 Å². The van der Waals surface area contributed by atoms with E-state index in [4.69, 9.17) is 0 Å². The van der Waals surface area contributed by atoms with Gasteiger partial charge in [0.2, 0.25) is 10.0 Å². The minimum Gasteiger partial charge on any atom is -0.392 e. The van der Waals surface area contributed by atoms with E-state index < -0.39 is 22.4 Å². The van der Waals surface area contributed by atoms with Crippen LogP contribution in [0.15, 0.2) is 23.1 Å². The van der Waals surface area contributed by atoms with Crippen molar-refractivity contribution in [1.82, 2.24) is 4.72 Å². The van der Waals surface area contributed by atoms with Gasteiger partial charge in [-0.25, -0.2) is 17.5 Å². The predicted molar refractivity (Wildman–Crippen MR) is 74.1 cm³/mol. The van der Waals surface area contributed by atoms with E-state index in [0.717, 1.165) is 37.8 Å². The van der Waals surface area contributed by atoms with Gasteiger partial charge in [-0.15, -0.1) is 0 Å². The second-order valence-corrected chi connectivity index (χ2v) is 7.00. The zero-order valence-electron chi connectivity index (χ0n) is 11.3. The molecule has 1 aromatic carbocycles. The van der Waals surface area contributed by atoms with Crippen molar-refractivity contribution < 1.29 is 17.9 Å². The van der Waals surface area contributed by atoms with Crippen molar-refractivity contribution in [3.63, 3.8) is 0 Å². The van der Waals surface area contributed by atoms with E-state index in [1.54, 1.807) is 0 Å². The van der Waals surface area contributed by atoms with Crippen LogP contribution in [0.25, 0.3) is 0 Å². The van der Waals surface area contributed by atoms with E-state index in [1.807, 2.05) is 0 Å². The fourth-order valence-electron chi connectivity index (χ4n) is 2.61. The molecule has 4 nitrogen and oxygen atoms in total. The number of hydrogen-bond donors (Lipinski definition) is 2. The molecule has 0 aliphatic heterocycles. The molecule has 0 aromatic heterocycles. The molecule has 2 N–H and O–H groups in total. The molecule has 2 rings (SSSR count). The Balaban J connectivity index is 2.11. The van der Waals surface area contributed by atoms with Crippen LogP contribution in [0.1, 0.15) is 37.7 Å². The van der Waals surface area contributed by atoms with Crippen LogP contribution in [-0.4, -0.2) is 20.1 Å². The Morgan fingerprint density at radius 1 is 1.25 bits per heavy atom. The van der Waals surface area contributed by atoms with Crippen molar-refractivity contribution in [3.8, 4) is 0 Å². The van der Waals surface area contributed by atoms with Gasteiger partial charge in [-0.1, -0.05) is 25.3 Å². The summed E-state index contributed by atoms with van der Waals surface area (Å²) in [5.41, 5.74) is 0.211. The lowest BCUT2D eigenvalue weighted by Crippen LogP contribution is -2.31. The lowest BCUT2D eigenvalue weighted by molar-refractivity contribution is 0.278. The first-order valence-corrected chi connectivity index (χ1v) is 8.40. The first-order valence-electron chi connectivity index (χ1n) is 6.92. The number of benzene rings is 1. The lowest BCUT2D eigenvalue weighted by atomic mass is 9.90. The van der Waals surface area contributed by atoms with Gasteiger partial charge in [0.1, 0.15) is 5.82 Å². The molecule has 6 heteroatoms. The Morgan fingerprint density at radius 3 is 2.60 bits per heavy atom. The largest absolute Gasteiger partial charge is 0.392 e. The SMILES string of the molecule is O=S(=O)(NCC1CCCCC1)c1cc(F)ccc1CO. The van der Waals surface area contributed by atoms with Crippen LogP contribution in [0.5, 0.6) is 0 Å². The van der Waals surface area contributed by atoms with Gasteiger partial charge in [0.05, 0.1) is 11.5 Å². The van der Waals surface area contributed by atoms with Crippen molar-refractivity contribution in [1.29, 1.82) is 0 Å². The normalized spacial score (nSPS) is 17.3. The highest BCUT2D eigenvalue weighted by atomic mass is 32.2. The number of nitrogens with one attached hydrogen (secondary N) is 1. The smallest absolute Gasteiger partial charge is 0.241 e. The summed E-state index contributed by atoms with van der Waals surface area (Å²) >= 11 is 0. The summed E-state index contributed by atoms with van der Waals surface area (Å²) < 4.78 is 40.2. The third kappa shape index (κ3) is 3.77. The minimum absolute atomic E-state index is 0.171. The molecule has 112 valence electrons. The second-order valence-electron chi connectivity index (χ2n) is 5.27. The van der Waals surface area contributed by atoms with Crippen LogP contribution in [0.2, 0.25) is 0 Å². The van der Waals surface area contributed by atoms with Crippen LogP contribution in [0, 0.1) is 11.7 Å². The maximum Gasteiger partial charge on any atom is 0.241 e. The Labute approximate surface area is 119 Å². The zero-order chi connectivity index (χ0) is 14.6. The second kappa shape index (κ2) is 6.65. The topological polar surface area (TPSA) is 66.4 Å². The number of aliphatic hydroxyl groups excluding tert-OH is 1. The van der Waals surface area contributed by atoms with Gasteiger partial charge < -0.3 is 5.11 Å². The van der Waals surface area contributed by atoms with Crippen LogP contribution in [-0.2, 0) is 16.6 Å². The summed E-state index contributed by atoms with van der Waals surface area (Å²) in [5, 5.41) is 9.17. The van der Waals surface area contributed by atoms with Gasteiger partial charge in [-0.3, -0.25) is 0 Å². The molecule has 0 spiro atoms. The van der Waals surface area contributed by atoms with Crippen molar-refractivity contribution in [2.45, 2.75) is 43.6 Å². The highest BCUT2D eigenvalue weighted by molar-refractivity contribution is 7.89. The standard InChI is InChI=1S/C14H20FNO3S/c15-13-7-6-12(10-17)14(8-13)20(18,19)16-9-11-4-2-1-3-5-11/h6-8,11,16-17H,1-5,9-10H2. The molecule has 0 atom stereocenters. The first kappa shape index (κ1) is 15.4. The molecule has 1 saturated carbocycles. The Hall–Kier alpha value is -0.980. The first-order chi connectivity index (χ1) is 9.53. The van der Waals surface area contributed by atoms with E-state index in [-0.39, 0.29) is 10.5 Å². The molecule has 0 radical (unpaired) electrons. The van der Waals surface area contributed by atoms with E-state index in [0.29, 0.717) is 12.5 Å². The number of rotatable bonds is 5. The third-order valence-corrected chi connectivity index (χ3v) is 5.28. The van der Waals surface area contributed by atoms with Crippen LogP contribution < -0.4 is 4.72 Å². The average molecular weight is 301 g/mol. The zero-order valence-corrected chi connectivity index (χ0v) is 12.1. The Morgan fingerprint density at radius 2 is 1.95 bits per heavy atom. The van der Waals surface area contributed by atoms with Gasteiger partial charge in [-0.2, -0.15) is 0 Å². The molecule has 0 saturated heterocycles. The lowest BCUT2D eigenvalue weighted by Gasteiger charge is -2.22.